The molecule has 3 rings (SSSR count). The summed E-state index contributed by atoms with van der Waals surface area (Å²) >= 11 is 3.56. The summed E-state index contributed by atoms with van der Waals surface area (Å²) in [5.74, 6) is 1.13. The van der Waals surface area contributed by atoms with Gasteiger partial charge in [0.15, 0.2) is 0 Å². The molecule has 0 spiro atoms. The molecule has 1 aromatic heterocycles. The van der Waals surface area contributed by atoms with Crippen molar-refractivity contribution in [3.63, 3.8) is 0 Å². The fraction of sp³-hybridized carbons (Fsp3) is 0.375. The van der Waals surface area contributed by atoms with Gasteiger partial charge in [-0.1, -0.05) is 15.9 Å². The molecule has 1 aliphatic rings. The van der Waals surface area contributed by atoms with E-state index in [2.05, 4.69) is 64.5 Å². The molecular formula is C16H19BrN2O. The van der Waals surface area contributed by atoms with E-state index in [-0.39, 0.29) is 0 Å². The Kier molecular flexibility index (Phi) is 3.74. The normalized spacial score (nSPS) is 17.6. The van der Waals surface area contributed by atoms with Crippen molar-refractivity contribution in [2.75, 3.05) is 24.3 Å². The number of rotatable bonds is 3. The van der Waals surface area contributed by atoms with Crippen LogP contribution in [0.3, 0.4) is 0 Å². The molecule has 0 radical (unpaired) electrons. The van der Waals surface area contributed by atoms with Crippen molar-refractivity contribution in [3.8, 4) is 0 Å². The molecule has 0 bridgehead atoms. The van der Waals surface area contributed by atoms with Gasteiger partial charge in [-0.25, -0.2) is 0 Å². The molecule has 3 nitrogen and oxygen atoms in total. The van der Waals surface area contributed by atoms with Crippen LogP contribution in [-0.4, -0.2) is 14.1 Å². The highest BCUT2D eigenvalue weighted by Crippen LogP contribution is 2.36. The van der Waals surface area contributed by atoms with E-state index in [1.165, 1.54) is 17.7 Å². The van der Waals surface area contributed by atoms with E-state index < -0.39 is 0 Å². The topological polar surface area (TPSA) is 28.4 Å². The molecule has 1 heterocycles. The average Bonchev–Trinajstić information content (AvgIpc) is 2.88. The second-order valence-electron chi connectivity index (χ2n) is 5.44. The first kappa shape index (κ1) is 13.6. The van der Waals surface area contributed by atoms with Crippen molar-refractivity contribution in [3.05, 3.63) is 46.3 Å². The van der Waals surface area contributed by atoms with Crippen LogP contribution in [0.5, 0.6) is 0 Å². The standard InChI is InChI=1S/C16H19BrN2O/c1-19(2)15-7-6-11(17)10-14(15)18-13-4-3-5-16-12(13)8-9-20-16/h6-10,13,18H,3-5H2,1-2H3. The first-order valence-electron chi connectivity index (χ1n) is 6.95. The Hall–Kier alpha value is -1.42. The minimum atomic E-state index is 0.338. The highest BCUT2D eigenvalue weighted by Gasteiger charge is 2.23. The van der Waals surface area contributed by atoms with E-state index in [1.807, 2.05) is 0 Å². The zero-order valence-electron chi connectivity index (χ0n) is 11.8. The zero-order chi connectivity index (χ0) is 14.1. The van der Waals surface area contributed by atoms with E-state index in [9.17, 15) is 0 Å². The number of hydrogen-bond acceptors (Lipinski definition) is 3. The van der Waals surface area contributed by atoms with Gasteiger partial charge in [0.05, 0.1) is 23.7 Å². The van der Waals surface area contributed by atoms with Gasteiger partial charge in [0, 0.05) is 30.6 Å². The van der Waals surface area contributed by atoms with Crippen molar-refractivity contribution < 1.29 is 4.42 Å². The van der Waals surface area contributed by atoms with Gasteiger partial charge in [-0.2, -0.15) is 0 Å². The van der Waals surface area contributed by atoms with Crippen LogP contribution in [0.2, 0.25) is 0 Å². The highest BCUT2D eigenvalue weighted by molar-refractivity contribution is 9.10. The molecule has 106 valence electrons. The predicted octanol–water partition coefficient (Wildman–Crippen LogP) is 4.60. The Bertz CT molecular complexity index is 606. The fourth-order valence-corrected chi connectivity index (χ4v) is 3.20. The maximum absolute atomic E-state index is 5.57. The number of furan rings is 1. The Morgan fingerprint density at radius 1 is 1.30 bits per heavy atom. The second kappa shape index (κ2) is 5.52. The lowest BCUT2D eigenvalue weighted by Gasteiger charge is -2.27. The number of hydrogen-bond donors (Lipinski definition) is 1. The SMILES string of the molecule is CN(C)c1ccc(Br)cc1NC1CCCc2occc21. The average molecular weight is 335 g/mol. The van der Waals surface area contributed by atoms with Gasteiger partial charge in [-0.15, -0.1) is 0 Å². The van der Waals surface area contributed by atoms with Crippen LogP contribution in [0.15, 0.2) is 39.4 Å². The number of nitrogens with one attached hydrogen (secondary N) is 1. The summed E-state index contributed by atoms with van der Waals surface area (Å²) in [6, 6.07) is 8.78. The summed E-state index contributed by atoms with van der Waals surface area (Å²) in [5.41, 5.74) is 3.66. The van der Waals surface area contributed by atoms with E-state index in [4.69, 9.17) is 4.42 Å². The van der Waals surface area contributed by atoms with E-state index in [0.29, 0.717) is 6.04 Å². The third-order valence-corrected chi connectivity index (χ3v) is 4.32. The third kappa shape index (κ3) is 2.57. The molecule has 0 fully saturated rings. The van der Waals surface area contributed by atoms with E-state index in [1.54, 1.807) is 6.26 Å². The van der Waals surface area contributed by atoms with Crippen LogP contribution in [-0.2, 0) is 6.42 Å². The zero-order valence-corrected chi connectivity index (χ0v) is 13.4. The molecule has 2 aromatic rings. The van der Waals surface area contributed by atoms with Gasteiger partial charge in [-0.05, 0) is 37.1 Å². The van der Waals surface area contributed by atoms with Crippen LogP contribution >= 0.6 is 15.9 Å². The number of aryl methyl sites for hydroxylation is 1. The number of benzene rings is 1. The first-order chi connectivity index (χ1) is 9.65. The van der Waals surface area contributed by atoms with Gasteiger partial charge in [0.2, 0.25) is 0 Å². The lowest BCUT2D eigenvalue weighted by atomic mass is 9.93. The lowest BCUT2D eigenvalue weighted by molar-refractivity contribution is 0.461. The van der Waals surface area contributed by atoms with Crippen molar-refractivity contribution in [1.82, 2.24) is 0 Å². The van der Waals surface area contributed by atoms with Crippen molar-refractivity contribution in [1.29, 1.82) is 0 Å². The maximum Gasteiger partial charge on any atom is 0.109 e. The first-order valence-corrected chi connectivity index (χ1v) is 7.74. The van der Waals surface area contributed by atoms with E-state index >= 15 is 0 Å². The summed E-state index contributed by atoms with van der Waals surface area (Å²) in [4.78, 5) is 2.13. The van der Waals surface area contributed by atoms with Crippen LogP contribution in [0, 0.1) is 0 Å². The van der Waals surface area contributed by atoms with Gasteiger partial charge in [0.25, 0.3) is 0 Å². The highest BCUT2D eigenvalue weighted by atomic mass is 79.9. The summed E-state index contributed by atoms with van der Waals surface area (Å²) in [6.07, 6.45) is 5.17. The molecule has 1 atom stereocenters. The molecule has 1 aliphatic carbocycles. The predicted molar refractivity (Wildman–Crippen MR) is 86.5 cm³/mol. The molecule has 1 N–H and O–H groups in total. The Labute approximate surface area is 128 Å². The largest absolute Gasteiger partial charge is 0.469 e. The molecule has 0 saturated heterocycles. The van der Waals surface area contributed by atoms with Gasteiger partial charge in [0.1, 0.15) is 5.76 Å². The summed E-state index contributed by atoms with van der Waals surface area (Å²) < 4.78 is 6.66. The summed E-state index contributed by atoms with van der Waals surface area (Å²) in [5, 5.41) is 3.68. The molecule has 1 aromatic carbocycles. The maximum atomic E-state index is 5.57. The fourth-order valence-electron chi connectivity index (χ4n) is 2.84. The summed E-state index contributed by atoms with van der Waals surface area (Å²) in [7, 11) is 4.14. The number of fused-ring (bicyclic) bond motifs is 1. The lowest BCUT2D eigenvalue weighted by Crippen LogP contribution is -2.18. The second-order valence-corrected chi connectivity index (χ2v) is 6.36. The van der Waals surface area contributed by atoms with Crippen LogP contribution in [0.25, 0.3) is 0 Å². The Morgan fingerprint density at radius 2 is 2.15 bits per heavy atom. The quantitative estimate of drug-likeness (QED) is 0.889. The molecule has 1 unspecified atom stereocenters. The van der Waals surface area contributed by atoms with Gasteiger partial charge in [-0.3, -0.25) is 0 Å². The minimum Gasteiger partial charge on any atom is -0.469 e. The minimum absolute atomic E-state index is 0.338. The Balaban J connectivity index is 1.91. The van der Waals surface area contributed by atoms with Crippen LogP contribution in [0.1, 0.15) is 30.2 Å². The van der Waals surface area contributed by atoms with Crippen molar-refractivity contribution >= 4 is 27.3 Å². The van der Waals surface area contributed by atoms with Crippen LogP contribution < -0.4 is 10.2 Å². The molecule has 0 amide bonds. The monoisotopic (exact) mass is 334 g/mol. The third-order valence-electron chi connectivity index (χ3n) is 3.82. The number of anilines is 2. The molecule has 0 saturated carbocycles. The van der Waals surface area contributed by atoms with Gasteiger partial charge >= 0.3 is 0 Å². The van der Waals surface area contributed by atoms with Crippen LogP contribution in [0.4, 0.5) is 11.4 Å². The number of halogens is 1. The summed E-state index contributed by atoms with van der Waals surface area (Å²) in [6.45, 7) is 0. The number of nitrogens with zero attached hydrogens (tertiary/aromatic N) is 1. The van der Waals surface area contributed by atoms with Crippen molar-refractivity contribution in [2.45, 2.75) is 25.3 Å². The smallest absolute Gasteiger partial charge is 0.109 e. The molecular weight excluding hydrogens is 316 g/mol. The van der Waals surface area contributed by atoms with Crippen molar-refractivity contribution in [2.24, 2.45) is 0 Å². The molecule has 0 aliphatic heterocycles. The molecule has 4 heteroatoms. The van der Waals surface area contributed by atoms with E-state index in [0.717, 1.165) is 28.8 Å². The van der Waals surface area contributed by atoms with Gasteiger partial charge < -0.3 is 14.6 Å². The molecule has 20 heavy (non-hydrogen) atoms. The Morgan fingerprint density at radius 3 is 2.95 bits per heavy atom.